The average molecular weight is 449 g/mol. The fraction of sp³-hybridized carbons (Fsp3) is 0.500. The summed E-state index contributed by atoms with van der Waals surface area (Å²) in [5.74, 6) is -2.39. The summed E-state index contributed by atoms with van der Waals surface area (Å²) >= 11 is 1.06. The molecule has 0 spiro atoms. The molecule has 2 atom stereocenters. The number of nitrogens with zero attached hydrogens (tertiary/aromatic N) is 3. The Bertz CT molecular complexity index is 928. The van der Waals surface area contributed by atoms with Gasteiger partial charge in [0.15, 0.2) is 10.8 Å². The van der Waals surface area contributed by atoms with E-state index in [1.54, 1.807) is 0 Å². The lowest BCUT2D eigenvalue weighted by Gasteiger charge is -2.44. The van der Waals surface area contributed by atoms with E-state index in [0.29, 0.717) is 0 Å². The van der Waals surface area contributed by atoms with Crippen LogP contribution in [0, 0.1) is 0 Å². The summed E-state index contributed by atoms with van der Waals surface area (Å²) < 4.78 is 37.2. The van der Waals surface area contributed by atoms with Crippen molar-refractivity contribution < 1.29 is 36.9 Å². The number of hydrogen-bond acceptors (Lipinski definition) is 11. The van der Waals surface area contributed by atoms with Crippen LogP contribution >= 0.6 is 11.3 Å². The first-order valence-electron chi connectivity index (χ1n) is 8.13. The molecule has 160 valence electrons. The zero-order valence-electron chi connectivity index (χ0n) is 15.4. The van der Waals surface area contributed by atoms with Gasteiger partial charge in [0.25, 0.3) is 11.8 Å². The number of oxime groups is 1. The van der Waals surface area contributed by atoms with Crippen molar-refractivity contribution in [1.29, 1.82) is 0 Å². The van der Waals surface area contributed by atoms with Crippen molar-refractivity contribution in [3.63, 3.8) is 0 Å². The Balaban J connectivity index is 2.14. The largest absolute Gasteiger partial charge is 0.466 e. The van der Waals surface area contributed by atoms with E-state index in [4.69, 9.17) is 10.5 Å². The molecule has 4 N–H and O–H groups in total. The van der Waals surface area contributed by atoms with Crippen molar-refractivity contribution in [1.82, 2.24) is 14.6 Å². The Kier molecular flexibility index (Phi) is 7.10. The van der Waals surface area contributed by atoms with E-state index in [1.165, 1.54) is 19.4 Å². The number of thiazole rings is 1. The number of nitrogen functional groups attached to an aromatic ring is 1. The van der Waals surface area contributed by atoms with Crippen LogP contribution in [0.5, 0.6) is 0 Å². The Labute approximate surface area is 169 Å². The van der Waals surface area contributed by atoms with Crippen molar-refractivity contribution in [3.05, 3.63) is 11.1 Å². The zero-order chi connectivity index (χ0) is 21.8. The number of ether oxygens (including phenoxy) is 1. The first kappa shape index (κ1) is 22.5. The predicted octanol–water partition coefficient (Wildman–Crippen LogP) is -1.08. The maximum Gasteiger partial charge on any atom is 0.362 e. The lowest BCUT2D eigenvalue weighted by molar-refractivity contribution is -0.146. The second-order valence-electron chi connectivity index (χ2n) is 5.81. The summed E-state index contributed by atoms with van der Waals surface area (Å²) in [4.78, 5) is 44.1. The fourth-order valence-corrected chi connectivity index (χ4v) is 4.11. The van der Waals surface area contributed by atoms with Crippen LogP contribution in [0.3, 0.4) is 0 Å². The summed E-state index contributed by atoms with van der Waals surface area (Å²) in [5.41, 5.74) is 5.38. The van der Waals surface area contributed by atoms with Gasteiger partial charge in [-0.05, 0) is 12.8 Å². The van der Waals surface area contributed by atoms with Gasteiger partial charge in [0.2, 0.25) is 0 Å². The number of amides is 2. The Hall–Kier alpha value is -2.78. The van der Waals surface area contributed by atoms with Gasteiger partial charge in [0, 0.05) is 12.3 Å². The molecule has 1 aromatic rings. The van der Waals surface area contributed by atoms with Crippen LogP contribution in [0.25, 0.3) is 0 Å². The van der Waals surface area contributed by atoms with Crippen LogP contribution in [0.4, 0.5) is 5.13 Å². The quantitative estimate of drug-likeness (QED) is 0.104. The highest BCUT2D eigenvalue weighted by molar-refractivity contribution is 7.84. The first-order valence-corrected chi connectivity index (χ1v) is 10.4. The molecule has 0 saturated carbocycles. The van der Waals surface area contributed by atoms with E-state index < -0.39 is 40.2 Å². The minimum atomic E-state index is -4.82. The van der Waals surface area contributed by atoms with Gasteiger partial charge in [-0.1, -0.05) is 5.16 Å². The highest BCUT2D eigenvalue weighted by Gasteiger charge is 2.53. The summed E-state index contributed by atoms with van der Waals surface area (Å²) in [5, 5.41) is 7.57. The van der Waals surface area contributed by atoms with Crippen LogP contribution in [0.1, 0.15) is 25.5 Å². The normalized spacial score (nSPS) is 19.5. The van der Waals surface area contributed by atoms with E-state index in [9.17, 15) is 27.4 Å². The number of aromatic nitrogens is 1. The SMILES string of the molecule is CO/N=C(\C(=O)N[C@@H]1C(=O)N(S(=O)(=O)O)[C@H]1CCCOC(C)=O)c1csc(N)n1. The zero-order valence-corrected chi connectivity index (χ0v) is 17.0. The molecule has 0 aromatic carbocycles. The Morgan fingerprint density at radius 2 is 2.17 bits per heavy atom. The molecule has 1 saturated heterocycles. The standard InChI is InChI=1S/C14H19N5O8S2/c1-7(20)27-5-3-4-9-11(13(22)19(9)29(23,24)25)17-12(21)10(18-26-2)8-6-28-14(15)16-8/h6,9,11H,3-5H2,1-2H3,(H2,15,16)(H,17,21)(H,23,24,25)/b18-10-/t9-,11-/m0/s1. The van der Waals surface area contributed by atoms with Crippen LogP contribution in [-0.2, 0) is 34.3 Å². The van der Waals surface area contributed by atoms with Gasteiger partial charge in [-0.3, -0.25) is 18.9 Å². The number of anilines is 1. The van der Waals surface area contributed by atoms with Crippen LogP contribution < -0.4 is 11.1 Å². The smallest absolute Gasteiger partial charge is 0.362 e. The van der Waals surface area contributed by atoms with Gasteiger partial charge in [-0.2, -0.15) is 8.42 Å². The number of nitrogens with two attached hydrogens (primary N) is 1. The second kappa shape index (κ2) is 9.15. The molecule has 2 rings (SSSR count). The molecule has 2 heterocycles. The molecule has 0 bridgehead atoms. The minimum Gasteiger partial charge on any atom is -0.466 e. The third-order valence-electron chi connectivity index (χ3n) is 3.82. The van der Waals surface area contributed by atoms with Crippen molar-refractivity contribution in [2.24, 2.45) is 5.16 Å². The molecule has 1 fully saturated rings. The monoisotopic (exact) mass is 449 g/mol. The number of carbonyl (C=O) groups is 3. The van der Waals surface area contributed by atoms with Gasteiger partial charge in [-0.15, -0.1) is 11.3 Å². The van der Waals surface area contributed by atoms with Gasteiger partial charge < -0.3 is 20.6 Å². The van der Waals surface area contributed by atoms with Crippen molar-refractivity contribution in [3.8, 4) is 0 Å². The molecule has 1 aliphatic rings. The van der Waals surface area contributed by atoms with Crippen LogP contribution in [0.2, 0.25) is 0 Å². The molecule has 1 aromatic heterocycles. The van der Waals surface area contributed by atoms with Gasteiger partial charge >= 0.3 is 16.3 Å². The second-order valence-corrected chi connectivity index (χ2v) is 7.98. The topological polar surface area (TPSA) is 191 Å². The maximum atomic E-state index is 12.6. The van der Waals surface area contributed by atoms with E-state index in [2.05, 4.69) is 20.3 Å². The number of carbonyl (C=O) groups excluding carboxylic acids is 3. The average Bonchev–Trinajstić information content (AvgIpc) is 3.04. The Morgan fingerprint density at radius 1 is 1.48 bits per heavy atom. The molecule has 0 aliphatic carbocycles. The summed E-state index contributed by atoms with van der Waals surface area (Å²) in [7, 11) is -3.62. The van der Waals surface area contributed by atoms with Crippen LogP contribution in [0.15, 0.2) is 10.5 Å². The molecule has 29 heavy (non-hydrogen) atoms. The molecular formula is C14H19N5O8S2. The summed E-state index contributed by atoms with van der Waals surface area (Å²) in [6.45, 7) is 1.19. The lowest BCUT2D eigenvalue weighted by atomic mass is 9.94. The number of nitrogens with one attached hydrogen (secondary N) is 1. The van der Waals surface area contributed by atoms with Gasteiger partial charge in [0.05, 0.1) is 12.6 Å². The number of hydrogen-bond donors (Lipinski definition) is 3. The lowest BCUT2D eigenvalue weighted by Crippen LogP contribution is -2.72. The molecule has 1 aliphatic heterocycles. The van der Waals surface area contributed by atoms with Gasteiger partial charge in [0.1, 0.15) is 18.8 Å². The number of β-lactam (4-membered cyclic amide) rings is 1. The van der Waals surface area contributed by atoms with Gasteiger partial charge in [-0.25, -0.2) is 9.29 Å². The third-order valence-corrected chi connectivity index (χ3v) is 5.44. The number of esters is 1. The molecule has 0 unspecified atom stereocenters. The summed E-state index contributed by atoms with van der Waals surface area (Å²) in [6.07, 6.45) is 0.224. The summed E-state index contributed by atoms with van der Waals surface area (Å²) in [6, 6.07) is -2.32. The third kappa shape index (κ3) is 5.39. The van der Waals surface area contributed by atoms with Crippen LogP contribution in [-0.4, -0.2) is 71.6 Å². The first-order chi connectivity index (χ1) is 13.6. The van der Waals surface area contributed by atoms with Crippen molar-refractivity contribution >= 4 is 50.3 Å². The number of rotatable bonds is 9. The highest BCUT2D eigenvalue weighted by Crippen LogP contribution is 2.27. The maximum absolute atomic E-state index is 12.6. The molecule has 15 heteroatoms. The van der Waals surface area contributed by atoms with E-state index in [-0.39, 0.29) is 40.3 Å². The molecule has 13 nitrogen and oxygen atoms in total. The highest BCUT2D eigenvalue weighted by atomic mass is 32.2. The molecule has 0 radical (unpaired) electrons. The molecule has 2 amide bonds. The fourth-order valence-electron chi connectivity index (χ4n) is 2.66. The van der Waals surface area contributed by atoms with Crippen molar-refractivity contribution in [2.45, 2.75) is 31.8 Å². The van der Waals surface area contributed by atoms with E-state index in [1.807, 2.05) is 0 Å². The van der Waals surface area contributed by atoms with E-state index in [0.717, 1.165) is 11.3 Å². The Morgan fingerprint density at radius 3 is 2.69 bits per heavy atom. The van der Waals surface area contributed by atoms with Crippen molar-refractivity contribution in [2.75, 3.05) is 19.5 Å². The predicted molar refractivity (Wildman–Crippen MR) is 100 cm³/mol. The van der Waals surface area contributed by atoms with E-state index >= 15 is 0 Å². The molecular weight excluding hydrogens is 430 g/mol. The minimum absolute atomic E-state index is 0.0194.